The zero-order valence-corrected chi connectivity index (χ0v) is 9.60. The van der Waals surface area contributed by atoms with Crippen LogP contribution in [0.3, 0.4) is 0 Å². The van der Waals surface area contributed by atoms with Gasteiger partial charge in [0.25, 0.3) is 0 Å². The van der Waals surface area contributed by atoms with E-state index >= 15 is 0 Å². The van der Waals surface area contributed by atoms with Crippen molar-refractivity contribution in [3.05, 3.63) is 53.2 Å². The van der Waals surface area contributed by atoms with Crippen molar-refractivity contribution in [2.75, 3.05) is 5.32 Å². The Hall–Kier alpha value is -2.57. The smallest absolute Gasteiger partial charge is 0.339 e. The minimum Gasteiger partial charge on any atom is -0.478 e. The lowest BCUT2D eigenvalue weighted by Gasteiger charge is -2.08. The molecule has 2 aromatic rings. The maximum atomic E-state index is 13.4. The quantitative estimate of drug-likeness (QED) is 0.885. The van der Waals surface area contributed by atoms with Gasteiger partial charge in [0.1, 0.15) is 17.2 Å². The number of aromatic nitrogens is 2. The van der Waals surface area contributed by atoms with Gasteiger partial charge in [-0.2, -0.15) is 5.10 Å². The Balaban J connectivity index is 2.19. The second-order valence-corrected chi connectivity index (χ2v) is 3.69. The van der Waals surface area contributed by atoms with E-state index in [4.69, 9.17) is 5.11 Å². The molecule has 0 amide bonds. The van der Waals surface area contributed by atoms with E-state index in [9.17, 15) is 13.6 Å². The molecule has 0 aliphatic rings. The molecule has 5 nitrogen and oxygen atoms in total. The predicted molar refractivity (Wildman–Crippen MR) is 62.7 cm³/mol. The van der Waals surface area contributed by atoms with Crippen molar-refractivity contribution in [2.45, 2.75) is 6.54 Å². The molecule has 0 saturated carbocycles. The molecule has 19 heavy (non-hydrogen) atoms. The van der Waals surface area contributed by atoms with Gasteiger partial charge in [-0.15, -0.1) is 5.10 Å². The number of hydrogen-bond acceptors (Lipinski definition) is 4. The summed E-state index contributed by atoms with van der Waals surface area (Å²) >= 11 is 0. The largest absolute Gasteiger partial charge is 0.478 e. The van der Waals surface area contributed by atoms with Crippen molar-refractivity contribution >= 4 is 11.8 Å². The monoisotopic (exact) mass is 265 g/mol. The zero-order valence-electron chi connectivity index (χ0n) is 9.60. The topological polar surface area (TPSA) is 75.1 Å². The number of rotatable bonds is 4. The van der Waals surface area contributed by atoms with Gasteiger partial charge < -0.3 is 10.4 Å². The Kier molecular flexibility index (Phi) is 3.65. The maximum Gasteiger partial charge on any atom is 0.339 e. The number of halogens is 2. The molecule has 0 bridgehead atoms. The third-order valence-corrected chi connectivity index (χ3v) is 2.41. The zero-order chi connectivity index (χ0) is 13.8. The highest BCUT2D eigenvalue weighted by molar-refractivity contribution is 5.92. The van der Waals surface area contributed by atoms with E-state index in [1.807, 2.05) is 0 Å². The van der Waals surface area contributed by atoms with E-state index in [2.05, 4.69) is 15.5 Å². The van der Waals surface area contributed by atoms with E-state index in [1.54, 1.807) is 0 Å². The Labute approximate surface area is 106 Å². The van der Waals surface area contributed by atoms with Crippen LogP contribution in [0.25, 0.3) is 0 Å². The molecule has 1 aromatic carbocycles. The molecule has 2 rings (SSSR count). The average molecular weight is 265 g/mol. The molecule has 0 aliphatic carbocycles. The van der Waals surface area contributed by atoms with E-state index < -0.39 is 17.6 Å². The van der Waals surface area contributed by atoms with Crippen LogP contribution in [0.1, 0.15) is 15.9 Å². The average Bonchev–Trinajstić information content (AvgIpc) is 2.40. The summed E-state index contributed by atoms with van der Waals surface area (Å²) in [5.41, 5.74) is -0.0196. The fourth-order valence-corrected chi connectivity index (χ4v) is 1.49. The molecule has 0 fully saturated rings. The molecule has 1 aromatic heterocycles. The lowest BCUT2D eigenvalue weighted by atomic mass is 10.2. The van der Waals surface area contributed by atoms with E-state index in [-0.39, 0.29) is 23.5 Å². The summed E-state index contributed by atoms with van der Waals surface area (Å²) < 4.78 is 26.3. The van der Waals surface area contributed by atoms with Crippen LogP contribution in [-0.4, -0.2) is 21.3 Å². The van der Waals surface area contributed by atoms with Crippen molar-refractivity contribution in [3.63, 3.8) is 0 Å². The number of carboxylic acid groups (broad SMARTS) is 1. The summed E-state index contributed by atoms with van der Waals surface area (Å²) in [6, 6.07) is 4.30. The first-order valence-electron chi connectivity index (χ1n) is 5.30. The highest BCUT2D eigenvalue weighted by atomic mass is 19.1. The second-order valence-electron chi connectivity index (χ2n) is 3.69. The molecule has 98 valence electrons. The normalized spacial score (nSPS) is 10.2. The minimum atomic E-state index is -1.18. The summed E-state index contributed by atoms with van der Waals surface area (Å²) in [6.45, 7) is -0.0947. The van der Waals surface area contributed by atoms with Crippen molar-refractivity contribution in [2.24, 2.45) is 0 Å². The van der Waals surface area contributed by atoms with Gasteiger partial charge in [0, 0.05) is 12.1 Å². The fraction of sp³-hybridized carbons (Fsp3) is 0.0833. The molecule has 2 N–H and O–H groups in total. The van der Waals surface area contributed by atoms with Crippen LogP contribution in [0.15, 0.2) is 30.5 Å². The number of anilines is 1. The number of hydrogen-bond donors (Lipinski definition) is 2. The van der Waals surface area contributed by atoms with E-state index in [0.29, 0.717) is 0 Å². The summed E-state index contributed by atoms with van der Waals surface area (Å²) in [5.74, 6) is -2.35. The van der Waals surface area contributed by atoms with Gasteiger partial charge in [-0.1, -0.05) is 0 Å². The van der Waals surface area contributed by atoms with Crippen LogP contribution in [-0.2, 0) is 6.54 Å². The van der Waals surface area contributed by atoms with Crippen molar-refractivity contribution < 1.29 is 18.7 Å². The standard InChI is InChI=1S/C12H9F2N3O2/c13-8-1-2-10(14)7(5-8)6-15-11-9(12(18)19)3-4-16-17-11/h1-5H,6H2,(H,15,17)(H,18,19). The Morgan fingerprint density at radius 1 is 1.32 bits per heavy atom. The fourth-order valence-electron chi connectivity index (χ4n) is 1.49. The molecular weight excluding hydrogens is 256 g/mol. The molecule has 0 unspecified atom stereocenters. The highest BCUT2D eigenvalue weighted by Crippen LogP contribution is 2.14. The molecular formula is C12H9F2N3O2. The van der Waals surface area contributed by atoms with Gasteiger partial charge >= 0.3 is 5.97 Å². The lowest BCUT2D eigenvalue weighted by Crippen LogP contribution is -2.10. The number of nitrogens with zero attached hydrogens (tertiary/aromatic N) is 2. The molecule has 0 aliphatic heterocycles. The molecule has 1 heterocycles. The van der Waals surface area contributed by atoms with Gasteiger partial charge in [0.2, 0.25) is 0 Å². The van der Waals surface area contributed by atoms with Crippen LogP contribution in [0.5, 0.6) is 0 Å². The number of nitrogens with one attached hydrogen (secondary N) is 1. The Bertz CT molecular complexity index is 620. The van der Waals surface area contributed by atoms with Crippen LogP contribution in [0.2, 0.25) is 0 Å². The SMILES string of the molecule is O=C(O)c1ccnnc1NCc1cc(F)ccc1F. The molecule has 0 saturated heterocycles. The van der Waals surface area contributed by atoms with Crippen LogP contribution in [0, 0.1) is 11.6 Å². The molecule has 0 atom stereocenters. The van der Waals surface area contributed by atoms with Gasteiger partial charge in [0.15, 0.2) is 5.82 Å². The minimum absolute atomic E-state index is 0.00124. The Morgan fingerprint density at radius 2 is 2.11 bits per heavy atom. The molecule has 7 heteroatoms. The lowest BCUT2D eigenvalue weighted by molar-refractivity contribution is 0.0697. The first kappa shape index (κ1) is 12.9. The molecule has 0 radical (unpaired) electrons. The van der Waals surface area contributed by atoms with Gasteiger partial charge in [-0.3, -0.25) is 0 Å². The third kappa shape index (κ3) is 3.01. The summed E-state index contributed by atoms with van der Waals surface area (Å²) in [4.78, 5) is 10.9. The van der Waals surface area contributed by atoms with Crippen LogP contribution >= 0.6 is 0 Å². The highest BCUT2D eigenvalue weighted by Gasteiger charge is 2.12. The number of aromatic carboxylic acids is 1. The van der Waals surface area contributed by atoms with Crippen LogP contribution < -0.4 is 5.32 Å². The van der Waals surface area contributed by atoms with Crippen LogP contribution in [0.4, 0.5) is 14.6 Å². The summed E-state index contributed by atoms with van der Waals surface area (Å²) in [5, 5.41) is 18.7. The Morgan fingerprint density at radius 3 is 2.84 bits per heavy atom. The van der Waals surface area contributed by atoms with Gasteiger partial charge in [-0.05, 0) is 24.3 Å². The van der Waals surface area contributed by atoms with Gasteiger partial charge in [0.05, 0.1) is 6.20 Å². The van der Waals surface area contributed by atoms with Crippen molar-refractivity contribution in [3.8, 4) is 0 Å². The van der Waals surface area contributed by atoms with Crippen molar-refractivity contribution in [1.82, 2.24) is 10.2 Å². The number of carboxylic acids is 1. The van der Waals surface area contributed by atoms with E-state index in [1.165, 1.54) is 12.3 Å². The van der Waals surface area contributed by atoms with Gasteiger partial charge in [-0.25, -0.2) is 13.6 Å². The second kappa shape index (κ2) is 5.38. The maximum absolute atomic E-state index is 13.4. The third-order valence-electron chi connectivity index (χ3n) is 2.41. The number of benzene rings is 1. The summed E-state index contributed by atoms with van der Waals surface area (Å²) in [7, 11) is 0. The number of carbonyl (C=O) groups is 1. The predicted octanol–water partition coefficient (Wildman–Crippen LogP) is 2.07. The summed E-state index contributed by atoms with van der Waals surface area (Å²) in [6.07, 6.45) is 1.23. The first-order valence-corrected chi connectivity index (χ1v) is 5.30. The van der Waals surface area contributed by atoms with E-state index in [0.717, 1.165) is 18.2 Å². The van der Waals surface area contributed by atoms with Crippen molar-refractivity contribution in [1.29, 1.82) is 0 Å². The molecule has 0 spiro atoms. The first-order chi connectivity index (χ1) is 9.08.